The second kappa shape index (κ2) is 5.90. The molecule has 4 heteroatoms. The molecule has 0 radical (unpaired) electrons. The van der Waals surface area contributed by atoms with Crippen molar-refractivity contribution in [1.29, 1.82) is 0 Å². The molecule has 0 unspecified atom stereocenters. The van der Waals surface area contributed by atoms with Gasteiger partial charge in [0.2, 0.25) is 5.91 Å². The smallest absolute Gasteiger partial charge is 0.227 e. The predicted octanol–water partition coefficient (Wildman–Crippen LogP) is 3.16. The van der Waals surface area contributed by atoms with Crippen LogP contribution in [0.15, 0.2) is 46.9 Å². The summed E-state index contributed by atoms with van der Waals surface area (Å²) in [5.74, 6) is 0.172. The van der Waals surface area contributed by atoms with Crippen LogP contribution in [0.4, 0.5) is 5.69 Å². The number of carbonyl (C=O) groups is 1. The van der Waals surface area contributed by atoms with Gasteiger partial charge in [-0.05, 0) is 41.3 Å². The molecule has 0 spiro atoms. The zero-order chi connectivity index (χ0) is 14.8. The van der Waals surface area contributed by atoms with Gasteiger partial charge in [-0.25, -0.2) is 0 Å². The molecule has 2 N–H and O–H groups in total. The van der Waals surface area contributed by atoms with Crippen LogP contribution in [-0.2, 0) is 24.2 Å². The van der Waals surface area contributed by atoms with E-state index in [1.165, 1.54) is 11.1 Å². The first kappa shape index (κ1) is 14.1. The van der Waals surface area contributed by atoms with Gasteiger partial charge >= 0.3 is 0 Å². The molecule has 0 aromatic heterocycles. The summed E-state index contributed by atoms with van der Waals surface area (Å²) in [5.41, 5.74) is 9.97. The van der Waals surface area contributed by atoms with Crippen LogP contribution in [0.1, 0.15) is 16.7 Å². The molecule has 3 rings (SSSR count). The molecule has 2 aromatic rings. The highest BCUT2D eigenvalue weighted by Crippen LogP contribution is 2.26. The van der Waals surface area contributed by atoms with Gasteiger partial charge in [0, 0.05) is 23.2 Å². The van der Waals surface area contributed by atoms with Crippen molar-refractivity contribution in [2.24, 2.45) is 0 Å². The third-order valence-electron chi connectivity index (χ3n) is 3.90. The summed E-state index contributed by atoms with van der Waals surface area (Å²) < 4.78 is 1.14. The lowest BCUT2D eigenvalue weighted by molar-refractivity contribution is -0.131. The number of anilines is 1. The summed E-state index contributed by atoms with van der Waals surface area (Å²) in [6, 6.07) is 13.7. The first-order valence-corrected chi connectivity index (χ1v) is 7.81. The fourth-order valence-corrected chi connectivity index (χ4v) is 3.30. The van der Waals surface area contributed by atoms with E-state index in [2.05, 4.69) is 28.1 Å². The number of carbonyl (C=O) groups excluding carboxylic acids is 1. The van der Waals surface area contributed by atoms with Gasteiger partial charge in [0.15, 0.2) is 0 Å². The first-order chi connectivity index (χ1) is 10.1. The second-order valence-electron chi connectivity index (χ2n) is 5.36. The van der Waals surface area contributed by atoms with Crippen LogP contribution in [0.2, 0.25) is 0 Å². The zero-order valence-corrected chi connectivity index (χ0v) is 13.3. The number of nitrogen functional groups attached to an aromatic ring is 1. The molecule has 1 heterocycles. The van der Waals surface area contributed by atoms with E-state index in [1.807, 2.05) is 35.2 Å². The number of amides is 1. The van der Waals surface area contributed by atoms with E-state index < -0.39 is 0 Å². The third-order valence-corrected chi connectivity index (χ3v) is 4.64. The third kappa shape index (κ3) is 3.10. The summed E-state index contributed by atoms with van der Waals surface area (Å²) in [6.45, 7) is 1.48. The summed E-state index contributed by atoms with van der Waals surface area (Å²) >= 11 is 3.58. The van der Waals surface area contributed by atoms with Gasteiger partial charge in [-0.15, -0.1) is 0 Å². The van der Waals surface area contributed by atoms with Gasteiger partial charge < -0.3 is 10.6 Å². The van der Waals surface area contributed by atoms with Crippen molar-refractivity contribution in [3.8, 4) is 0 Å². The van der Waals surface area contributed by atoms with Crippen molar-refractivity contribution in [2.75, 3.05) is 12.3 Å². The molecule has 1 aliphatic rings. The van der Waals surface area contributed by atoms with Crippen LogP contribution in [0.3, 0.4) is 0 Å². The Kier molecular flexibility index (Phi) is 3.97. The van der Waals surface area contributed by atoms with Crippen LogP contribution in [0.25, 0.3) is 0 Å². The number of halogens is 1. The molecule has 0 saturated carbocycles. The monoisotopic (exact) mass is 344 g/mol. The van der Waals surface area contributed by atoms with E-state index in [-0.39, 0.29) is 5.91 Å². The Bertz CT molecular complexity index is 667. The number of hydrogen-bond acceptors (Lipinski definition) is 2. The van der Waals surface area contributed by atoms with Crippen LogP contribution in [0, 0.1) is 0 Å². The highest BCUT2D eigenvalue weighted by molar-refractivity contribution is 9.10. The van der Waals surface area contributed by atoms with Crippen molar-refractivity contribution in [3.05, 3.63) is 63.6 Å². The summed E-state index contributed by atoms with van der Waals surface area (Å²) in [4.78, 5) is 14.4. The van der Waals surface area contributed by atoms with Crippen molar-refractivity contribution in [2.45, 2.75) is 19.4 Å². The number of hydrogen-bond donors (Lipinski definition) is 1. The molecule has 108 valence electrons. The molecule has 0 aliphatic carbocycles. The van der Waals surface area contributed by atoms with Gasteiger partial charge in [-0.3, -0.25) is 4.79 Å². The molecule has 3 nitrogen and oxygen atoms in total. The lowest BCUT2D eigenvalue weighted by Crippen LogP contribution is -2.37. The van der Waals surface area contributed by atoms with E-state index in [4.69, 9.17) is 5.73 Å². The van der Waals surface area contributed by atoms with Crippen molar-refractivity contribution in [3.63, 3.8) is 0 Å². The van der Waals surface area contributed by atoms with E-state index >= 15 is 0 Å². The fourth-order valence-electron chi connectivity index (χ4n) is 2.70. The summed E-state index contributed by atoms with van der Waals surface area (Å²) in [6.07, 6.45) is 1.34. The van der Waals surface area contributed by atoms with Crippen molar-refractivity contribution in [1.82, 2.24) is 4.90 Å². The molecule has 0 fully saturated rings. The zero-order valence-electron chi connectivity index (χ0n) is 11.7. The number of benzene rings is 2. The SMILES string of the molecule is Nc1ccc(CC(=O)N2CCc3c(Br)cccc3C2)cc1. The van der Waals surface area contributed by atoms with E-state index in [0.29, 0.717) is 13.0 Å². The average molecular weight is 345 g/mol. The summed E-state index contributed by atoms with van der Waals surface area (Å²) in [7, 11) is 0. The van der Waals surface area contributed by atoms with Gasteiger partial charge in [0.25, 0.3) is 0 Å². The van der Waals surface area contributed by atoms with E-state index in [0.717, 1.165) is 28.7 Å². The molecular formula is C17H17BrN2O. The molecule has 2 aromatic carbocycles. The first-order valence-electron chi connectivity index (χ1n) is 7.02. The van der Waals surface area contributed by atoms with E-state index in [9.17, 15) is 4.79 Å². The van der Waals surface area contributed by atoms with Crippen LogP contribution in [0.5, 0.6) is 0 Å². The fraction of sp³-hybridized carbons (Fsp3) is 0.235. The molecule has 0 saturated heterocycles. The number of nitrogens with zero attached hydrogens (tertiary/aromatic N) is 1. The Labute approximate surface area is 132 Å². The Balaban J connectivity index is 1.71. The van der Waals surface area contributed by atoms with E-state index in [1.54, 1.807) is 0 Å². The molecule has 0 bridgehead atoms. The minimum Gasteiger partial charge on any atom is -0.399 e. The van der Waals surface area contributed by atoms with Crippen LogP contribution >= 0.6 is 15.9 Å². The topological polar surface area (TPSA) is 46.3 Å². The highest BCUT2D eigenvalue weighted by Gasteiger charge is 2.21. The number of fused-ring (bicyclic) bond motifs is 1. The van der Waals surface area contributed by atoms with Crippen LogP contribution in [-0.4, -0.2) is 17.4 Å². The maximum Gasteiger partial charge on any atom is 0.227 e. The normalized spacial score (nSPS) is 13.9. The van der Waals surface area contributed by atoms with Crippen molar-refractivity contribution >= 4 is 27.5 Å². The highest BCUT2D eigenvalue weighted by atomic mass is 79.9. The molecular weight excluding hydrogens is 328 g/mol. The lowest BCUT2D eigenvalue weighted by Gasteiger charge is -2.29. The minimum atomic E-state index is 0.172. The Morgan fingerprint density at radius 1 is 1.19 bits per heavy atom. The Morgan fingerprint density at radius 3 is 2.71 bits per heavy atom. The molecule has 21 heavy (non-hydrogen) atoms. The Hall–Kier alpha value is -1.81. The van der Waals surface area contributed by atoms with Crippen LogP contribution < -0.4 is 5.73 Å². The van der Waals surface area contributed by atoms with Gasteiger partial charge in [-0.1, -0.05) is 40.2 Å². The van der Waals surface area contributed by atoms with Gasteiger partial charge in [0.05, 0.1) is 6.42 Å². The average Bonchev–Trinajstić information content (AvgIpc) is 2.49. The Morgan fingerprint density at radius 2 is 1.95 bits per heavy atom. The quantitative estimate of drug-likeness (QED) is 0.850. The minimum absolute atomic E-state index is 0.172. The number of rotatable bonds is 2. The maximum atomic E-state index is 12.4. The molecule has 1 amide bonds. The standard InChI is InChI=1S/C17H17BrN2O/c18-16-3-1-2-13-11-20(9-8-15(13)16)17(21)10-12-4-6-14(19)7-5-12/h1-7H,8-11,19H2. The molecule has 1 aliphatic heterocycles. The predicted molar refractivity (Wildman–Crippen MR) is 87.8 cm³/mol. The van der Waals surface area contributed by atoms with Gasteiger partial charge in [0.1, 0.15) is 0 Å². The maximum absolute atomic E-state index is 12.4. The second-order valence-corrected chi connectivity index (χ2v) is 6.22. The summed E-state index contributed by atoms with van der Waals surface area (Å²) in [5, 5.41) is 0. The lowest BCUT2D eigenvalue weighted by atomic mass is 9.99. The van der Waals surface area contributed by atoms with Gasteiger partial charge in [-0.2, -0.15) is 0 Å². The number of nitrogens with two attached hydrogens (primary N) is 1. The largest absolute Gasteiger partial charge is 0.399 e. The molecule has 0 atom stereocenters. The van der Waals surface area contributed by atoms with Crippen molar-refractivity contribution < 1.29 is 4.79 Å².